The van der Waals surface area contributed by atoms with Crippen LogP contribution in [-0.2, 0) is 4.79 Å². The summed E-state index contributed by atoms with van der Waals surface area (Å²) in [6, 6.07) is 13.5. The first kappa shape index (κ1) is 24.8. The predicted octanol–water partition coefficient (Wildman–Crippen LogP) is 5.62. The standard InChI is InChI=1S/C27H31Cl2N3O2/c28-23-10-8-19(16-24(23)29)9-11-27(34)30-13-4-1-5-14-32-15-12-21(26(33)18-32)22-17-31-25-7-3-2-6-20(22)25/h2-3,6-11,16-17,21,26,31,33H,1,4-5,12-15,18H2,(H,30,34)/b11-9+. The number of unbranched alkanes of at least 4 members (excludes halogenated alkanes) is 2. The molecular formula is C27H31Cl2N3O2. The number of β-amino-alcohol motifs (C(OH)–C–C–N with tert-alkyl or cyclic N) is 1. The molecule has 2 aromatic carbocycles. The van der Waals surface area contributed by atoms with Gasteiger partial charge in [0.15, 0.2) is 0 Å². The van der Waals surface area contributed by atoms with Crippen molar-refractivity contribution in [3.05, 3.63) is 75.9 Å². The molecule has 180 valence electrons. The fourth-order valence-corrected chi connectivity index (χ4v) is 4.97. The van der Waals surface area contributed by atoms with Gasteiger partial charge < -0.3 is 20.3 Å². The molecule has 0 bridgehead atoms. The number of aromatic amines is 1. The van der Waals surface area contributed by atoms with Crippen molar-refractivity contribution in [2.45, 2.75) is 37.7 Å². The van der Waals surface area contributed by atoms with Crippen molar-refractivity contribution in [3.63, 3.8) is 0 Å². The van der Waals surface area contributed by atoms with Crippen molar-refractivity contribution in [2.24, 2.45) is 0 Å². The molecule has 0 saturated carbocycles. The van der Waals surface area contributed by atoms with Crippen LogP contribution in [0.1, 0.15) is 42.7 Å². The zero-order valence-electron chi connectivity index (χ0n) is 19.1. The molecule has 4 rings (SSSR count). The van der Waals surface area contributed by atoms with Crippen LogP contribution in [0.5, 0.6) is 0 Å². The largest absolute Gasteiger partial charge is 0.391 e. The zero-order valence-corrected chi connectivity index (χ0v) is 20.7. The molecule has 1 saturated heterocycles. The number of benzene rings is 2. The van der Waals surface area contributed by atoms with Gasteiger partial charge in [0.25, 0.3) is 0 Å². The van der Waals surface area contributed by atoms with E-state index in [0.717, 1.165) is 49.9 Å². The van der Waals surface area contributed by atoms with E-state index in [4.69, 9.17) is 23.2 Å². The predicted molar refractivity (Wildman–Crippen MR) is 140 cm³/mol. The Balaban J connectivity index is 1.12. The van der Waals surface area contributed by atoms with Gasteiger partial charge in [0.05, 0.1) is 16.1 Å². The minimum Gasteiger partial charge on any atom is -0.391 e. The van der Waals surface area contributed by atoms with Crippen molar-refractivity contribution in [1.82, 2.24) is 15.2 Å². The lowest BCUT2D eigenvalue weighted by atomic mass is 9.87. The van der Waals surface area contributed by atoms with E-state index >= 15 is 0 Å². The number of rotatable bonds is 9. The van der Waals surface area contributed by atoms with E-state index in [1.54, 1.807) is 18.2 Å². The number of likely N-dealkylation sites (tertiary alicyclic amines) is 1. The molecule has 5 nitrogen and oxygen atoms in total. The molecule has 1 aliphatic heterocycles. The molecule has 3 N–H and O–H groups in total. The Morgan fingerprint density at radius 3 is 2.82 bits per heavy atom. The average molecular weight is 500 g/mol. The third-order valence-electron chi connectivity index (χ3n) is 6.51. The second kappa shape index (κ2) is 11.9. The van der Waals surface area contributed by atoms with Gasteiger partial charge in [-0.05, 0) is 67.8 Å². The first-order valence-electron chi connectivity index (χ1n) is 11.9. The molecule has 34 heavy (non-hydrogen) atoms. The van der Waals surface area contributed by atoms with Crippen molar-refractivity contribution in [2.75, 3.05) is 26.2 Å². The van der Waals surface area contributed by atoms with Gasteiger partial charge in [-0.3, -0.25) is 4.79 Å². The summed E-state index contributed by atoms with van der Waals surface area (Å²) >= 11 is 11.9. The lowest BCUT2D eigenvalue weighted by Crippen LogP contribution is -2.43. The van der Waals surface area contributed by atoms with Gasteiger partial charge >= 0.3 is 0 Å². The fourth-order valence-electron chi connectivity index (χ4n) is 4.66. The Kier molecular flexibility index (Phi) is 8.68. The number of aromatic nitrogens is 1. The summed E-state index contributed by atoms with van der Waals surface area (Å²) in [4.78, 5) is 17.7. The van der Waals surface area contributed by atoms with Crippen LogP contribution in [0.25, 0.3) is 17.0 Å². The topological polar surface area (TPSA) is 68.4 Å². The SMILES string of the molecule is O=C(/C=C/c1ccc(Cl)c(Cl)c1)NCCCCCN1CCC(c2c[nH]c3ccccc23)C(O)C1. The van der Waals surface area contributed by atoms with Crippen molar-refractivity contribution in [3.8, 4) is 0 Å². The number of hydrogen-bond donors (Lipinski definition) is 3. The first-order chi connectivity index (χ1) is 16.5. The number of piperidine rings is 1. The van der Waals surface area contributed by atoms with Crippen molar-refractivity contribution < 1.29 is 9.90 Å². The van der Waals surface area contributed by atoms with E-state index in [0.29, 0.717) is 23.1 Å². The number of halogens is 2. The zero-order chi connectivity index (χ0) is 23.9. The molecular weight excluding hydrogens is 469 g/mol. The number of carbonyl (C=O) groups is 1. The number of amides is 1. The molecule has 2 unspecified atom stereocenters. The van der Waals surface area contributed by atoms with E-state index in [9.17, 15) is 9.90 Å². The van der Waals surface area contributed by atoms with Crippen molar-refractivity contribution in [1.29, 1.82) is 0 Å². The Bertz CT molecular complexity index is 1140. The second-order valence-electron chi connectivity index (χ2n) is 8.91. The minimum atomic E-state index is -0.352. The van der Waals surface area contributed by atoms with Crippen molar-refractivity contribution >= 4 is 46.1 Å². The van der Waals surface area contributed by atoms with Crippen LogP contribution in [0, 0.1) is 0 Å². The molecule has 1 amide bonds. The van der Waals surface area contributed by atoms with E-state index in [2.05, 4.69) is 39.6 Å². The molecule has 0 radical (unpaired) electrons. The summed E-state index contributed by atoms with van der Waals surface area (Å²) in [5.41, 5.74) is 3.19. The highest BCUT2D eigenvalue weighted by atomic mass is 35.5. The Hall–Kier alpha value is -2.31. The summed E-state index contributed by atoms with van der Waals surface area (Å²) in [6.45, 7) is 3.33. The van der Waals surface area contributed by atoms with E-state index in [1.165, 1.54) is 17.0 Å². The van der Waals surface area contributed by atoms with Crippen LogP contribution >= 0.6 is 23.2 Å². The van der Waals surface area contributed by atoms with Crippen LogP contribution in [-0.4, -0.2) is 53.2 Å². The van der Waals surface area contributed by atoms with Gasteiger partial charge in [-0.25, -0.2) is 0 Å². The smallest absolute Gasteiger partial charge is 0.243 e. The Labute approximate surface area is 210 Å². The van der Waals surface area contributed by atoms with Gasteiger partial charge in [0.1, 0.15) is 0 Å². The van der Waals surface area contributed by atoms with E-state index in [1.807, 2.05) is 12.1 Å². The van der Waals surface area contributed by atoms with E-state index < -0.39 is 0 Å². The molecule has 1 aromatic heterocycles. The number of aliphatic hydroxyl groups is 1. The molecule has 7 heteroatoms. The third-order valence-corrected chi connectivity index (χ3v) is 7.25. The normalized spacial score (nSPS) is 19.1. The van der Waals surface area contributed by atoms with Crippen LogP contribution in [0.4, 0.5) is 0 Å². The summed E-state index contributed by atoms with van der Waals surface area (Å²) < 4.78 is 0. The van der Waals surface area contributed by atoms with Crippen LogP contribution < -0.4 is 5.32 Å². The number of nitrogens with one attached hydrogen (secondary N) is 2. The summed E-state index contributed by atoms with van der Waals surface area (Å²) in [6.07, 6.45) is 8.93. The number of hydrogen-bond acceptors (Lipinski definition) is 3. The fraction of sp³-hybridized carbons (Fsp3) is 0.370. The summed E-state index contributed by atoms with van der Waals surface area (Å²) in [5, 5.41) is 15.9. The maximum Gasteiger partial charge on any atom is 0.243 e. The first-order valence-corrected chi connectivity index (χ1v) is 12.6. The maximum absolute atomic E-state index is 12.0. The lowest BCUT2D eigenvalue weighted by molar-refractivity contribution is -0.116. The highest BCUT2D eigenvalue weighted by Crippen LogP contribution is 2.33. The number of para-hydroxylation sites is 1. The molecule has 2 heterocycles. The Morgan fingerprint density at radius 1 is 1.15 bits per heavy atom. The maximum atomic E-state index is 12.0. The highest BCUT2D eigenvalue weighted by molar-refractivity contribution is 6.42. The van der Waals surface area contributed by atoms with Gasteiger partial charge in [-0.15, -0.1) is 0 Å². The Morgan fingerprint density at radius 2 is 2.00 bits per heavy atom. The quantitative estimate of drug-likeness (QED) is 0.264. The third kappa shape index (κ3) is 6.42. The summed E-state index contributed by atoms with van der Waals surface area (Å²) in [5.74, 6) is 0.0631. The van der Waals surface area contributed by atoms with Crippen LogP contribution in [0.2, 0.25) is 10.0 Å². The number of fused-ring (bicyclic) bond motifs is 1. The van der Waals surface area contributed by atoms with Crippen LogP contribution in [0.15, 0.2) is 54.7 Å². The number of H-pyrrole nitrogens is 1. The molecule has 1 fully saturated rings. The number of aliphatic hydroxyl groups excluding tert-OH is 1. The van der Waals surface area contributed by atoms with Crippen LogP contribution in [0.3, 0.4) is 0 Å². The highest BCUT2D eigenvalue weighted by Gasteiger charge is 2.30. The molecule has 2 atom stereocenters. The summed E-state index contributed by atoms with van der Waals surface area (Å²) in [7, 11) is 0. The monoisotopic (exact) mass is 499 g/mol. The average Bonchev–Trinajstić information content (AvgIpc) is 3.26. The van der Waals surface area contributed by atoms with E-state index in [-0.39, 0.29) is 17.9 Å². The number of carbonyl (C=O) groups excluding carboxylic acids is 1. The molecule has 3 aromatic rings. The molecule has 0 aliphatic carbocycles. The van der Waals surface area contributed by atoms with Gasteiger partial charge in [0.2, 0.25) is 5.91 Å². The van der Waals surface area contributed by atoms with Gasteiger partial charge in [-0.2, -0.15) is 0 Å². The lowest BCUT2D eigenvalue weighted by Gasteiger charge is -2.36. The van der Waals surface area contributed by atoms with Gasteiger partial charge in [0, 0.05) is 42.2 Å². The minimum absolute atomic E-state index is 0.117. The number of nitrogens with zero attached hydrogens (tertiary/aromatic N) is 1. The second-order valence-corrected chi connectivity index (χ2v) is 9.73. The molecule has 1 aliphatic rings. The molecule has 0 spiro atoms. The van der Waals surface area contributed by atoms with Gasteiger partial charge in [-0.1, -0.05) is 53.9 Å².